The molecule has 0 heterocycles. The van der Waals surface area contributed by atoms with Gasteiger partial charge >= 0.3 is 0 Å². The molecule has 0 saturated heterocycles. The van der Waals surface area contributed by atoms with Crippen LogP contribution in [-0.2, 0) is 4.79 Å². The van der Waals surface area contributed by atoms with Gasteiger partial charge in [-0.05, 0) is 25.1 Å². The summed E-state index contributed by atoms with van der Waals surface area (Å²) in [7, 11) is 0. The highest BCUT2D eigenvalue weighted by molar-refractivity contribution is 5.95. The van der Waals surface area contributed by atoms with Crippen molar-refractivity contribution in [1.29, 1.82) is 0 Å². The van der Waals surface area contributed by atoms with Crippen LogP contribution in [0.3, 0.4) is 0 Å². The van der Waals surface area contributed by atoms with Gasteiger partial charge in [-0.25, -0.2) is 0 Å². The lowest BCUT2D eigenvalue weighted by atomic mass is 10.1. The van der Waals surface area contributed by atoms with E-state index in [1.165, 1.54) is 25.1 Å². The molecule has 0 aliphatic carbocycles. The first-order valence-corrected chi connectivity index (χ1v) is 8.36. The molecule has 2 aromatic carbocycles. The molecule has 8 nitrogen and oxygen atoms in total. The molecule has 28 heavy (non-hydrogen) atoms. The van der Waals surface area contributed by atoms with Crippen LogP contribution in [0.2, 0.25) is 0 Å². The lowest BCUT2D eigenvalue weighted by Crippen LogP contribution is -2.23. The standard InChI is InChI=1S/C20H19N3O5/c1-14-8-9-16(12-19(14)23(26)27)20(25)21-10-3-4-11-28-18-7-5-6-17(13-18)22-15(2)24/h5-9,12-13H,10-11H2,1-2H3,(H,21,25)(H,22,24). The van der Waals surface area contributed by atoms with Crippen molar-refractivity contribution >= 4 is 23.2 Å². The van der Waals surface area contributed by atoms with Crippen molar-refractivity contribution in [3.05, 3.63) is 63.7 Å². The van der Waals surface area contributed by atoms with E-state index in [-0.39, 0.29) is 30.3 Å². The summed E-state index contributed by atoms with van der Waals surface area (Å²) >= 11 is 0. The Balaban J connectivity index is 1.82. The highest BCUT2D eigenvalue weighted by Gasteiger charge is 2.14. The monoisotopic (exact) mass is 381 g/mol. The summed E-state index contributed by atoms with van der Waals surface area (Å²) in [6.07, 6.45) is 0. The Morgan fingerprint density at radius 1 is 1.18 bits per heavy atom. The van der Waals surface area contributed by atoms with E-state index in [1.807, 2.05) is 0 Å². The number of aryl methyl sites for hydroxylation is 1. The second kappa shape index (κ2) is 9.73. The summed E-state index contributed by atoms with van der Waals surface area (Å²) in [5.41, 5.74) is 1.21. The number of hydrogen-bond donors (Lipinski definition) is 2. The van der Waals surface area contributed by atoms with Gasteiger partial charge < -0.3 is 15.4 Å². The lowest BCUT2D eigenvalue weighted by Gasteiger charge is -2.05. The highest BCUT2D eigenvalue weighted by Crippen LogP contribution is 2.19. The zero-order valence-electron chi connectivity index (χ0n) is 15.4. The number of amides is 2. The van der Waals surface area contributed by atoms with Crippen molar-refractivity contribution in [2.45, 2.75) is 13.8 Å². The first-order valence-electron chi connectivity index (χ1n) is 8.36. The van der Waals surface area contributed by atoms with E-state index in [9.17, 15) is 19.7 Å². The van der Waals surface area contributed by atoms with E-state index in [0.717, 1.165) is 0 Å². The van der Waals surface area contributed by atoms with Crippen molar-refractivity contribution in [1.82, 2.24) is 5.32 Å². The van der Waals surface area contributed by atoms with Gasteiger partial charge in [0.15, 0.2) is 0 Å². The van der Waals surface area contributed by atoms with Crippen LogP contribution in [0.25, 0.3) is 0 Å². The van der Waals surface area contributed by atoms with Gasteiger partial charge in [-0.15, -0.1) is 0 Å². The van der Waals surface area contributed by atoms with E-state index in [1.54, 1.807) is 31.2 Å². The Labute approximate surface area is 162 Å². The summed E-state index contributed by atoms with van der Waals surface area (Å²) in [6, 6.07) is 11.2. The molecule has 2 rings (SSSR count). The van der Waals surface area contributed by atoms with E-state index in [4.69, 9.17) is 4.74 Å². The van der Waals surface area contributed by atoms with Crippen LogP contribution in [0.4, 0.5) is 11.4 Å². The van der Waals surface area contributed by atoms with Crippen LogP contribution < -0.4 is 15.4 Å². The van der Waals surface area contributed by atoms with Gasteiger partial charge in [0, 0.05) is 35.9 Å². The number of benzene rings is 2. The molecule has 0 aliphatic rings. The SMILES string of the molecule is CC(=O)Nc1cccc(OCC#CCNC(=O)c2ccc(C)c([N+](=O)[O-])c2)c1. The Hall–Kier alpha value is -3.86. The van der Waals surface area contributed by atoms with Crippen LogP contribution in [0, 0.1) is 28.9 Å². The van der Waals surface area contributed by atoms with Crippen LogP contribution in [0.15, 0.2) is 42.5 Å². The third kappa shape index (κ3) is 6.14. The molecule has 144 valence electrons. The number of carbonyl (C=O) groups excluding carboxylic acids is 2. The summed E-state index contributed by atoms with van der Waals surface area (Å²) in [4.78, 5) is 33.5. The molecule has 2 aromatic rings. The van der Waals surface area contributed by atoms with Gasteiger partial charge in [-0.3, -0.25) is 19.7 Å². The summed E-state index contributed by atoms with van der Waals surface area (Å²) in [5, 5.41) is 16.2. The molecule has 0 radical (unpaired) electrons. The van der Waals surface area contributed by atoms with Crippen LogP contribution in [0.5, 0.6) is 5.75 Å². The van der Waals surface area contributed by atoms with Crippen molar-refractivity contribution in [2.75, 3.05) is 18.5 Å². The maximum absolute atomic E-state index is 12.0. The van der Waals surface area contributed by atoms with Gasteiger partial charge in [0.25, 0.3) is 11.6 Å². The Kier molecular flexibility index (Phi) is 7.11. The largest absolute Gasteiger partial charge is 0.481 e. The fourth-order valence-electron chi connectivity index (χ4n) is 2.27. The van der Waals surface area contributed by atoms with Crippen LogP contribution in [0.1, 0.15) is 22.8 Å². The number of carbonyl (C=O) groups is 2. The average molecular weight is 381 g/mol. The Morgan fingerprint density at radius 3 is 2.68 bits per heavy atom. The number of hydrogen-bond acceptors (Lipinski definition) is 5. The third-order valence-corrected chi connectivity index (χ3v) is 3.60. The van der Waals surface area contributed by atoms with Crippen molar-refractivity contribution < 1.29 is 19.2 Å². The number of anilines is 1. The molecular weight excluding hydrogens is 362 g/mol. The maximum Gasteiger partial charge on any atom is 0.273 e. The number of nitro groups is 1. The topological polar surface area (TPSA) is 111 Å². The minimum atomic E-state index is -0.524. The van der Waals surface area contributed by atoms with Crippen molar-refractivity contribution in [3.63, 3.8) is 0 Å². The summed E-state index contributed by atoms with van der Waals surface area (Å²) < 4.78 is 5.46. The smallest absolute Gasteiger partial charge is 0.273 e. The minimum absolute atomic E-state index is 0.0792. The molecule has 0 spiro atoms. The molecule has 0 aromatic heterocycles. The van der Waals surface area contributed by atoms with Crippen LogP contribution >= 0.6 is 0 Å². The number of nitrogens with one attached hydrogen (secondary N) is 2. The Bertz CT molecular complexity index is 960. The fraction of sp³-hybridized carbons (Fsp3) is 0.200. The van der Waals surface area contributed by atoms with Gasteiger partial charge in [0.1, 0.15) is 12.4 Å². The lowest BCUT2D eigenvalue weighted by molar-refractivity contribution is -0.385. The maximum atomic E-state index is 12.0. The molecule has 0 fully saturated rings. The van der Waals surface area contributed by atoms with Gasteiger partial charge in [-0.2, -0.15) is 0 Å². The average Bonchev–Trinajstić information content (AvgIpc) is 2.64. The van der Waals surface area contributed by atoms with E-state index < -0.39 is 10.8 Å². The van der Waals surface area contributed by atoms with Crippen LogP contribution in [-0.4, -0.2) is 29.9 Å². The van der Waals surface area contributed by atoms with Gasteiger partial charge in [-0.1, -0.05) is 24.0 Å². The van der Waals surface area contributed by atoms with E-state index in [0.29, 0.717) is 17.0 Å². The number of nitrogens with zero attached hydrogens (tertiary/aromatic N) is 1. The molecule has 2 N–H and O–H groups in total. The summed E-state index contributed by atoms with van der Waals surface area (Å²) in [6.45, 7) is 3.21. The normalized spacial score (nSPS) is 9.64. The van der Waals surface area contributed by atoms with E-state index >= 15 is 0 Å². The van der Waals surface area contributed by atoms with Gasteiger partial charge in [0.05, 0.1) is 11.5 Å². The molecule has 0 atom stereocenters. The minimum Gasteiger partial charge on any atom is -0.481 e. The van der Waals surface area contributed by atoms with Crippen molar-refractivity contribution in [2.24, 2.45) is 0 Å². The fourth-order valence-corrected chi connectivity index (χ4v) is 2.27. The zero-order valence-corrected chi connectivity index (χ0v) is 15.4. The summed E-state index contributed by atoms with van der Waals surface area (Å²) in [5.74, 6) is 5.43. The Morgan fingerprint density at radius 2 is 1.96 bits per heavy atom. The molecular formula is C20H19N3O5. The second-order valence-corrected chi connectivity index (χ2v) is 5.79. The zero-order chi connectivity index (χ0) is 20.5. The number of ether oxygens (including phenoxy) is 1. The molecule has 2 amide bonds. The highest BCUT2D eigenvalue weighted by atomic mass is 16.6. The molecule has 0 saturated carbocycles. The first kappa shape index (κ1) is 20.5. The first-order chi connectivity index (χ1) is 13.4. The predicted octanol–water partition coefficient (Wildman–Crippen LogP) is 2.67. The molecule has 0 aliphatic heterocycles. The predicted molar refractivity (Wildman–Crippen MR) is 104 cm³/mol. The second-order valence-electron chi connectivity index (χ2n) is 5.79. The van der Waals surface area contributed by atoms with E-state index in [2.05, 4.69) is 22.5 Å². The van der Waals surface area contributed by atoms with Crippen molar-refractivity contribution in [3.8, 4) is 17.6 Å². The number of rotatable bonds is 6. The van der Waals surface area contributed by atoms with Gasteiger partial charge in [0.2, 0.25) is 5.91 Å². The quantitative estimate of drug-likeness (QED) is 0.454. The third-order valence-electron chi connectivity index (χ3n) is 3.60. The molecule has 0 unspecified atom stereocenters. The number of nitro benzene ring substituents is 1. The molecule has 8 heteroatoms. The molecule has 0 bridgehead atoms.